The Morgan fingerprint density at radius 1 is 1.12 bits per heavy atom. The summed E-state index contributed by atoms with van der Waals surface area (Å²) in [5.74, 6) is -2.77. The predicted octanol–water partition coefficient (Wildman–Crippen LogP) is 3.70. The Morgan fingerprint density at radius 2 is 1.88 bits per heavy atom. The molecular weight excluding hydrogens is 320 g/mol. The van der Waals surface area contributed by atoms with E-state index in [0.717, 1.165) is 31.0 Å². The third kappa shape index (κ3) is 3.48. The maximum Gasteiger partial charge on any atom is 0.293 e. The summed E-state index contributed by atoms with van der Waals surface area (Å²) in [5.41, 5.74) is 0.251. The molecule has 1 aliphatic rings. The van der Waals surface area contributed by atoms with Crippen LogP contribution in [0.3, 0.4) is 0 Å². The Bertz CT molecular complexity index is 822. The number of hydrogen-bond acceptors (Lipinski definition) is 4. The average Bonchev–Trinajstić information content (AvgIpc) is 3.35. The van der Waals surface area contributed by atoms with Crippen LogP contribution in [0.2, 0.25) is 0 Å². The predicted molar refractivity (Wildman–Crippen MR) is 84.1 cm³/mol. The molecule has 1 fully saturated rings. The maximum atomic E-state index is 13.2. The number of nitrogens with zero attached hydrogens (tertiary/aromatic N) is 1. The van der Waals surface area contributed by atoms with Crippen molar-refractivity contribution in [1.29, 1.82) is 0 Å². The molecule has 0 heterocycles. The molecule has 8 heteroatoms. The van der Waals surface area contributed by atoms with E-state index in [1.807, 2.05) is 0 Å². The molecule has 0 atom stereocenters. The molecule has 0 aromatic heterocycles. The number of carbonyl (C=O) groups excluding carboxylic acids is 1. The maximum absolute atomic E-state index is 13.2. The van der Waals surface area contributed by atoms with Crippen molar-refractivity contribution in [2.75, 3.05) is 10.6 Å². The number of rotatable bonds is 5. The molecule has 2 aromatic rings. The van der Waals surface area contributed by atoms with Crippen LogP contribution in [0.15, 0.2) is 36.4 Å². The zero-order chi connectivity index (χ0) is 17.3. The Balaban J connectivity index is 1.82. The summed E-state index contributed by atoms with van der Waals surface area (Å²) in [5, 5.41) is 16.6. The highest BCUT2D eigenvalue weighted by atomic mass is 19.2. The van der Waals surface area contributed by atoms with Gasteiger partial charge in [0.15, 0.2) is 11.6 Å². The molecule has 1 saturated carbocycles. The zero-order valence-electron chi connectivity index (χ0n) is 12.4. The third-order valence-electron chi connectivity index (χ3n) is 3.57. The van der Waals surface area contributed by atoms with Crippen molar-refractivity contribution in [3.8, 4) is 0 Å². The van der Waals surface area contributed by atoms with E-state index in [1.165, 1.54) is 18.2 Å². The van der Waals surface area contributed by atoms with Crippen LogP contribution >= 0.6 is 0 Å². The summed E-state index contributed by atoms with van der Waals surface area (Å²) >= 11 is 0. The van der Waals surface area contributed by atoms with Crippen LogP contribution < -0.4 is 10.6 Å². The molecule has 2 N–H and O–H groups in total. The number of nitrogens with one attached hydrogen (secondary N) is 2. The van der Waals surface area contributed by atoms with Gasteiger partial charge in [0.25, 0.3) is 11.6 Å². The second-order valence-corrected chi connectivity index (χ2v) is 5.49. The minimum Gasteiger partial charge on any atom is -0.377 e. The lowest BCUT2D eigenvalue weighted by Gasteiger charge is -2.09. The highest BCUT2D eigenvalue weighted by molar-refractivity contribution is 6.05. The molecule has 124 valence electrons. The van der Waals surface area contributed by atoms with Gasteiger partial charge in [0.2, 0.25) is 0 Å². The lowest BCUT2D eigenvalue weighted by molar-refractivity contribution is -0.384. The first kappa shape index (κ1) is 15.9. The molecule has 6 nitrogen and oxygen atoms in total. The normalized spacial score (nSPS) is 13.4. The zero-order valence-corrected chi connectivity index (χ0v) is 12.4. The van der Waals surface area contributed by atoms with Gasteiger partial charge in [-0.05, 0) is 37.1 Å². The smallest absolute Gasteiger partial charge is 0.293 e. The molecule has 0 radical (unpaired) electrons. The average molecular weight is 333 g/mol. The van der Waals surface area contributed by atoms with Gasteiger partial charge in [-0.2, -0.15) is 0 Å². The molecule has 2 aromatic carbocycles. The van der Waals surface area contributed by atoms with Gasteiger partial charge in [-0.25, -0.2) is 8.78 Å². The number of nitro benzene ring substituents is 1. The fourth-order valence-corrected chi connectivity index (χ4v) is 2.17. The third-order valence-corrected chi connectivity index (χ3v) is 3.57. The quantitative estimate of drug-likeness (QED) is 0.645. The molecule has 1 amide bonds. The number of carbonyl (C=O) groups is 1. The summed E-state index contributed by atoms with van der Waals surface area (Å²) in [4.78, 5) is 22.8. The number of amides is 1. The van der Waals surface area contributed by atoms with E-state index in [-0.39, 0.29) is 23.0 Å². The highest BCUT2D eigenvalue weighted by Crippen LogP contribution is 2.31. The first-order valence-corrected chi connectivity index (χ1v) is 7.25. The molecule has 0 aliphatic heterocycles. The van der Waals surface area contributed by atoms with Gasteiger partial charge >= 0.3 is 0 Å². The van der Waals surface area contributed by atoms with Crippen molar-refractivity contribution in [2.45, 2.75) is 18.9 Å². The summed E-state index contributed by atoms with van der Waals surface area (Å²) in [6, 6.07) is 7.21. The van der Waals surface area contributed by atoms with Crippen molar-refractivity contribution in [2.24, 2.45) is 0 Å². The van der Waals surface area contributed by atoms with Gasteiger partial charge < -0.3 is 10.6 Å². The lowest BCUT2D eigenvalue weighted by atomic mass is 10.1. The van der Waals surface area contributed by atoms with Crippen molar-refractivity contribution < 1.29 is 18.5 Å². The molecule has 0 spiro atoms. The van der Waals surface area contributed by atoms with Gasteiger partial charge in [0.1, 0.15) is 5.69 Å². The van der Waals surface area contributed by atoms with Crippen LogP contribution in [0.25, 0.3) is 0 Å². The summed E-state index contributed by atoms with van der Waals surface area (Å²) < 4.78 is 26.0. The van der Waals surface area contributed by atoms with Gasteiger partial charge in [-0.15, -0.1) is 0 Å². The molecule has 0 bridgehead atoms. The molecule has 24 heavy (non-hydrogen) atoms. The molecule has 0 saturated heterocycles. The monoisotopic (exact) mass is 333 g/mol. The number of hydrogen-bond donors (Lipinski definition) is 2. The van der Waals surface area contributed by atoms with Crippen LogP contribution in [0.1, 0.15) is 23.2 Å². The first-order valence-electron chi connectivity index (χ1n) is 7.25. The lowest BCUT2D eigenvalue weighted by Crippen LogP contribution is -2.13. The fraction of sp³-hybridized carbons (Fsp3) is 0.188. The van der Waals surface area contributed by atoms with Crippen LogP contribution in [-0.4, -0.2) is 16.9 Å². The standard InChI is InChI=1S/C16H13F2N3O3/c17-12-5-4-11(8-13(12)18)20-16(22)9-1-6-14(19-10-2-3-10)15(7-9)21(23)24/h1,4-8,10,19H,2-3H2,(H,20,22). The Kier molecular flexibility index (Phi) is 4.11. The van der Waals surface area contributed by atoms with E-state index in [1.54, 1.807) is 0 Å². The first-order chi connectivity index (χ1) is 11.4. The SMILES string of the molecule is O=C(Nc1ccc(F)c(F)c1)c1ccc(NC2CC2)c([N+](=O)[O-])c1. The summed E-state index contributed by atoms with van der Waals surface area (Å²) in [6.45, 7) is 0. The molecule has 1 aliphatic carbocycles. The summed E-state index contributed by atoms with van der Waals surface area (Å²) in [6.07, 6.45) is 1.91. The van der Waals surface area contributed by atoms with E-state index in [2.05, 4.69) is 10.6 Å². The van der Waals surface area contributed by atoms with Crippen molar-refractivity contribution in [3.63, 3.8) is 0 Å². The van der Waals surface area contributed by atoms with E-state index >= 15 is 0 Å². The minimum absolute atomic E-state index is 0.0489. The molecule has 3 rings (SSSR count). The topological polar surface area (TPSA) is 84.3 Å². The van der Waals surface area contributed by atoms with Crippen LogP contribution in [0, 0.1) is 21.7 Å². The van der Waals surface area contributed by atoms with Crippen molar-refractivity contribution in [1.82, 2.24) is 0 Å². The summed E-state index contributed by atoms with van der Waals surface area (Å²) in [7, 11) is 0. The van der Waals surface area contributed by atoms with Gasteiger partial charge in [0.05, 0.1) is 4.92 Å². The Morgan fingerprint density at radius 3 is 2.50 bits per heavy atom. The van der Waals surface area contributed by atoms with E-state index in [0.29, 0.717) is 5.69 Å². The largest absolute Gasteiger partial charge is 0.377 e. The highest BCUT2D eigenvalue weighted by Gasteiger charge is 2.25. The van der Waals surface area contributed by atoms with Gasteiger partial charge in [-0.3, -0.25) is 14.9 Å². The number of benzene rings is 2. The van der Waals surface area contributed by atoms with Crippen molar-refractivity contribution in [3.05, 3.63) is 63.7 Å². The van der Waals surface area contributed by atoms with Crippen LogP contribution in [0.5, 0.6) is 0 Å². The van der Waals surface area contributed by atoms with Gasteiger partial charge in [0, 0.05) is 29.4 Å². The Hall–Kier alpha value is -3.03. The van der Waals surface area contributed by atoms with Crippen molar-refractivity contribution >= 4 is 23.0 Å². The van der Waals surface area contributed by atoms with Crippen LogP contribution in [0.4, 0.5) is 25.8 Å². The second-order valence-electron chi connectivity index (χ2n) is 5.49. The second kappa shape index (κ2) is 6.23. The van der Waals surface area contributed by atoms with Crippen LogP contribution in [-0.2, 0) is 0 Å². The number of nitro groups is 1. The van der Waals surface area contributed by atoms with E-state index in [4.69, 9.17) is 0 Å². The number of anilines is 2. The fourth-order valence-electron chi connectivity index (χ4n) is 2.17. The van der Waals surface area contributed by atoms with Gasteiger partial charge in [-0.1, -0.05) is 0 Å². The van der Waals surface area contributed by atoms with E-state index < -0.39 is 22.5 Å². The minimum atomic E-state index is -1.09. The van der Waals surface area contributed by atoms with E-state index in [9.17, 15) is 23.7 Å². The number of halogens is 2. The molecular formula is C16H13F2N3O3. The molecule has 0 unspecified atom stereocenters. The Labute approximate surface area is 135 Å².